The first-order chi connectivity index (χ1) is 7.46. The third-order valence-corrected chi connectivity index (χ3v) is 3.64. The Morgan fingerprint density at radius 2 is 2.06 bits per heavy atom. The molecule has 1 aliphatic carbocycles. The Balaban J connectivity index is 2.51. The van der Waals surface area contributed by atoms with Crippen LogP contribution in [0.4, 0.5) is 13.2 Å². The van der Waals surface area contributed by atoms with E-state index in [2.05, 4.69) is 12.3 Å². The van der Waals surface area contributed by atoms with Crippen molar-refractivity contribution in [2.75, 3.05) is 0 Å². The van der Waals surface area contributed by atoms with E-state index >= 15 is 0 Å². The SMILES string of the molecule is CCC1CCCC(C(CC(F)(F)F)NN)C1. The van der Waals surface area contributed by atoms with Crippen molar-refractivity contribution in [3.63, 3.8) is 0 Å². The van der Waals surface area contributed by atoms with E-state index in [0.717, 1.165) is 32.1 Å². The Labute approximate surface area is 94.7 Å². The standard InChI is InChI=1S/C11H21F3N2/c1-2-8-4-3-5-9(6-8)10(16-15)7-11(12,13)14/h8-10,16H,2-7,15H2,1H3. The molecular weight excluding hydrogens is 217 g/mol. The summed E-state index contributed by atoms with van der Waals surface area (Å²) in [4.78, 5) is 0. The summed E-state index contributed by atoms with van der Waals surface area (Å²) in [5, 5.41) is 0. The van der Waals surface area contributed by atoms with Gasteiger partial charge in [0, 0.05) is 6.04 Å². The fourth-order valence-electron chi connectivity index (χ4n) is 2.68. The topological polar surface area (TPSA) is 38.0 Å². The highest BCUT2D eigenvalue weighted by atomic mass is 19.4. The van der Waals surface area contributed by atoms with Gasteiger partial charge in [-0.15, -0.1) is 0 Å². The van der Waals surface area contributed by atoms with Crippen molar-refractivity contribution in [1.82, 2.24) is 5.43 Å². The molecule has 5 heteroatoms. The van der Waals surface area contributed by atoms with E-state index in [1.165, 1.54) is 0 Å². The van der Waals surface area contributed by atoms with E-state index in [0.29, 0.717) is 5.92 Å². The Morgan fingerprint density at radius 3 is 2.56 bits per heavy atom. The van der Waals surface area contributed by atoms with Crippen LogP contribution in [-0.2, 0) is 0 Å². The lowest BCUT2D eigenvalue weighted by molar-refractivity contribution is -0.144. The molecule has 3 unspecified atom stereocenters. The maximum atomic E-state index is 12.3. The van der Waals surface area contributed by atoms with Crippen molar-refractivity contribution in [2.24, 2.45) is 17.7 Å². The quantitative estimate of drug-likeness (QED) is 0.583. The van der Waals surface area contributed by atoms with Crippen LogP contribution >= 0.6 is 0 Å². The number of nitrogens with one attached hydrogen (secondary N) is 1. The van der Waals surface area contributed by atoms with Gasteiger partial charge < -0.3 is 0 Å². The Morgan fingerprint density at radius 1 is 1.38 bits per heavy atom. The van der Waals surface area contributed by atoms with Crippen molar-refractivity contribution in [3.8, 4) is 0 Å². The number of halogens is 3. The first-order valence-corrected chi connectivity index (χ1v) is 5.99. The number of alkyl halides is 3. The van der Waals surface area contributed by atoms with Gasteiger partial charge in [-0.05, 0) is 24.7 Å². The van der Waals surface area contributed by atoms with Crippen LogP contribution in [0.5, 0.6) is 0 Å². The molecule has 1 fully saturated rings. The first kappa shape index (κ1) is 13.8. The molecule has 16 heavy (non-hydrogen) atoms. The van der Waals surface area contributed by atoms with Crippen LogP contribution < -0.4 is 11.3 Å². The smallest absolute Gasteiger partial charge is 0.271 e. The molecule has 0 bridgehead atoms. The molecule has 0 spiro atoms. The molecule has 3 N–H and O–H groups in total. The third-order valence-electron chi connectivity index (χ3n) is 3.64. The van der Waals surface area contributed by atoms with Gasteiger partial charge in [0.1, 0.15) is 0 Å². The van der Waals surface area contributed by atoms with E-state index in [9.17, 15) is 13.2 Å². The second kappa shape index (κ2) is 5.87. The molecular formula is C11H21F3N2. The molecule has 3 atom stereocenters. The maximum Gasteiger partial charge on any atom is 0.390 e. The molecule has 0 saturated heterocycles. The predicted octanol–water partition coefficient (Wildman–Crippen LogP) is 2.99. The average molecular weight is 238 g/mol. The zero-order valence-corrected chi connectivity index (χ0v) is 9.69. The summed E-state index contributed by atoms with van der Waals surface area (Å²) >= 11 is 0. The lowest BCUT2D eigenvalue weighted by Gasteiger charge is -2.34. The van der Waals surface area contributed by atoms with Gasteiger partial charge in [0.05, 0.1) is 6.42 Å². The zero-order valence-electron chi connectivity index (χ0n) is 9.69. The van der Waals surface area contributed by atoms with Gasteiger partial charge in [-0.1, -0.05) is 26.2 Å². The van der Waals surface area contributed by atoms with Gasteiger partial charge in [0.15, 0.2) is 0 Å². The van der Waals surface area contributed by atoms with Crippen LogP contribution in [0.1, 0.15) is 45.4 Å². The van der Waals surface area contributed by atoms with E-state index in [-0.39, 0.29) is 5.92 Å². The van der Waals surface area contributed by atoms with Gasteiger partial charge in [0.25, 0.3) is 0 Å². The summed E-state index contributed by atoms with van der Waals surface area (Å²) in [6.45, 7) is 2.10. The van der Waals surface area contributed by atoms with E-state index < -0.39 is 18.6 Å². The molecule has 0 radical (unpaired) electrons. The van der Waals surface area contributed by atoms with Crippen LogP contribution in [0.15, 0.2) is 0 Å². The zero-order chi connectivity index (χ0) is 12.2. The molecule has 0 amide bonds. The van der Waals surface area contributed by atoms with Crippen molar-refractivity contribution in [2.45, 2.75) is 57.7 Å². The number of rotatable bonds is 4. The molecule has 2 nitrogen and oxygen atoms in total. The second-order valence-corrected chi connectivity index (χ2v) is 4.79. The van der Waals surface area contributed by atoms with Gasteiger partial charge in [0.2, 0.25) is 0 Å². The van der Waals surface area contributed by atoms with Crippen molar-refractivity contribution < 1.29 is 13.2 Å². The minimum Gasteiger partial charge on any atom is -0.271 e. The van der Waals surface area contributed by atoms with Crippen molar-refractivity contribution in [3.05, 3.63) is 0 Å². The Kier molecular flexibility index (Phi) is 5.05. The second-order valence-electron chi connectivity index (χ2n) is 4.79. The van der Waals surface area contributed by atoms with Gasteiger partial charge in [-0.2, -0.15) is 13.2 Å². The molecule has 0 aliphatic heterocycles. The van der Waals surface area contributed by atoms with Crippen LogP contribution in [0, 0.1) is 11.8 Å². The average Bonchev–Trinajstić information content (AvgIpc) is 2.25. The van der Waals surface area contributed by atoms with E-state index in [1.54, 1.807) is 0 Å². The molecule has 0 aromatic carbocycles. The summed E-state index contributed by atoms with van der Waals surface area (Å²) in [7, 11) is 0. The van der Waals surface area contributed by atoms with Crippen molar-refractivity contribution in [1.29, 1.82) is 0 Å². The normalized spacial score (nSPS) is 29.1. The molecule has 0 aromatic rings. The summed E-state index contributed by atoms with van der Waals surface area (Å²) in [6, 6.07) is -0.616. The Hall–Kier alpha value is -0.290. The number of hydrogen-bond donors (Lipinski definition) is 2. The van der Waals surface area contributed by atoms with Gasteiger partial charge in [-0.3, -0.25) is 11.3 Å². The highest BCUT2D eigenvalue weighted by Gasteiger charge is 2.36. The largest absolute Gasteiger partial charge is 0.390 e. The number of hydrogen-bond acceptors (Lipinski definition) is 2. The first-order valence-electron chi connectivity index (χ1n) is 5.99. The third kappa shape index (κ3) is 4.29. The van der Waals surface area contributed by atoms with Crippen LogP contribution in [0.2, 0.25) is 0 Å². The summed E-state index contributed by atoms with van der Waals surface area (Å²) < 4.78 is 37.0. The number of hydrazine groups is 1. The fraction of sp³-hybridized carbons (Fsp3) is 1.00. The van der Waals surface area contributed by atoms with Crippen LogP contribution in [0.3, 0.4) is 0 Å². The molecule has 1 saturated carbocycles. The summed E-state index contributed by atoms with van der Waals surface area (Å²) in [6.07, 6.45) is 0.0268. The van der Waals surface area contributed by atoms with Gasteiger partial charge in [-0.25, -0.2) is 0 Å². The highest BCUT2D eigenvalue weighted by molar-refractivity contribution is 4.82. The highest BCUT2D eigenvalue weighted by Crippen LogP contribution is 2.35. The molecule has 1 rings (SSSR count). The monoisotopic (exact) mass is 238 g/mol. The van der Waals surface area contributed by atoms with E-state index in [1.807, 2.05) is 0 Å². The van der Waals surface area contributed by atoms with E-state index in [4.69, 9.17) is 5.84 Å². The molecule has 0 aromatic heterocycles. The van der Waals surface area contributed by atoms with Crippen LogP contribution in [-0.4, -0.2) is 12.2 Å². The summed E-state index contributed by atoms with van der Waals surface area (Å²) in [5.74, 6) is 5.89. The minimum absolute atomic E-state index is 0.0744. The lowest BCUT2D eigenvalue weighted by atomic mass is 9.76. The van der Waals surface area contributed by atoms with Crippen molar-refractivity contribution >= 4 is 0 Å². The number of nitrogens with two attached hydrogens (primary N) is 1. The predicted molar refractivity (Wildman–Crippen MR) is 57.5 cm³/mol. The molecule has 96 valence electrons. The fourth-order valence-corrected chi connectivity index (χ4v) is 2.68. The van der Waals surface area contributed by atoms with Gasteiger partial charge >= 0.3 is 6.18 Å². The Bertz CT molecular complexity index is 206. The summed E-state index contributed by atoms with van der Waals surface area (Å²) in [5.41, 5.74) is 2.35. The molecule has 1 aliphatic rings. The lowest BCUT2D eigenvalue weighted by Crippen LogP contribution is -2.45. The molecule has 0 heterocycles. The van der Waals surface area contributed by atoms with Crippen LogP contribution in [0.25, 0.3) is 0 Å². The maximum absolute atomic E-state index is 12.3. The minimum atomic E-state index is -4.13.